The highest BCUT2D eigenvalue weighted by Gasteiger charge is 2.18. The van der Waals surface area contributed by atoms with Crippen LogP contribution >= 0.6 is 0 Å². The van der Waals surface area contributed by atoms with E-state index in [0.29, 0.717) is 18.8 Å². The van der Waals surface area contributed by atoms with E-state index in [1.807, 2.05) is 0 Å². The summed E-state index contributed by atoms with van der Waals surface area (Å²) in [6, 6.07) is 1.43. The third-order valence-corrected chi connectivity index (χ3v) is 3.94. The molecule has 0 aromatic carbocycles. The second kappa shape index (κ2) is 5.88. The number of pyridine rings is 1. The zero-order valence-corrected chi connectivity index (χ0v) is 11.7. The van der Waals surface area contributed by atoms with Crippen LogP contribution in [0.5, 0.6) is 0 Å². The lowest BCUT2D eigenvalue weighted by Crippen LogP contribution is -2.14. The molecule has 108 valence electrons. The van der Waals surface area contributed by atoms with E-state index < -0.39 is 10.0 Å². The molecule has 8 nitrogen and oxygen atoms in total. The molecule has 0 radical (unpaired) electrons. The number of sulfonamides is 1. The third-order valence-electron chi connectivity index (χ3n) is 2.52. The summed E-state index contributed by atoms with van der Waals surface area (Å²) in [7, 11) is -2.19. The Bertz CT molecular complexity index is 683. The standard InChI is InChI=1S/C11H15N5O3S/c1-19-5-4-16-8-9(6-14-16)15-20(17,18)11-7-13-3-2-10(11)12/h2-3,6-8,15H,4-5H2,1H3,(H2,12,13). The summed E-state index contributed by atoms with van der Waals surface area (Å²) in [5.74, 6) is 0. The van der Waals surface area contributed by atoms with Crippen LogP contribution in [0.15, 0.2) is 35.7 Å². The molecule has 2 rings (SSSR count). The van der Waals surface area contributed by atoms with E-state index in [1.165, 1.54) is 24.7 Å². The first-order valence-corrected chi connectivity index (χ1v) is 7.25. The van der Waals surface area contributed by atoms with Crippen molar-refractivity contribution in [2.45, 2.75) is 11.4 Å². The van der Waals surface area contributed by atoms with Crippen molar-refractivity contribution in [2.75, 3.05) is 24.2 Å². The number of nitrogens with two attached hydrogens (primary N) is 1. The Balaban J connectivity index is 2.16. The van der Waals surface area contributed by atoms with Crippen LogP contribution in [-0.2, 0) is 21.3 Å². The van der Waals surface area contributed by atoms with Crippen LogP contribution in [0, 0.1) is 0 Å². The first-order chi connectivity index (χ1) is 9.53. The average molecular weight is 297 g/mol. The van der Waals surface area contributed by atoms with Crippen molar-refractivity contribution in [1.29, 1.82) is 0 Å². The van der Waals surface area contributed by atoms with Gasteiger partial charge in [0.05, 0.1) is 30.7 Å². The highest BCUT2D eigenvalue weighted by molar-refractivity contribution is 7.92. The fraction of sp³-hybridized carbons (Fsp3) is 0.273. The summed E-state index contributed by atoms with van der Waals surface area (Å²) in [5, 5.41) is 4.02. The van der Waals surface area contributed by atoms with Crippen LogP contribution in [0.4, 0.5) is 11.4 Å². The number of anilines is 2. The van der Waals surface area contributed by atoms with Gasteiger partial charge in [-0.3, -0.25) is 14.4 Å². The normalized spacial score (nSPS) is 11.4. The molecule has 20 heavy (non-hydrogen) atoms. The Hall–Kier alpha value is -2.13. The first kappa shape index (κ1) is 14.3. The van der Waals surface area contributed by atoms with Crippen molar-refractivity contribution in [3.8, 4) is 0 Å². The summed E-state index contributed by atoms with van der Waals surface area (Å²) in [4.78, 5) is 3.70. The quantitative estimate of drug-likeness (QED) is 0.793. The van der Waals surface area contributed by atoms with Gasteiger partial charge >= 0.3 is 0 Å². The molecule has 0 saturated heterocycles. The number of nitrogens with one attached hydrogen (secondary N) is 1. The number of hydrogen-bond acceptors (Lipinski definition) is 6. The van der Waals surface area contributed by atoms with Gasteiger partial charge in [-0.2, -0.15) is 5.10 Å². The summed E-state index contributed by atoms with van der Waals surface area (Å²) in [5.41, 5.74) is 6.12. The molecular weight excluding hydrogens is 282 g/mol. The molecule has 0 fully saturated rings. The van der Waals surface area contributed by atoms with Crippen LogP contribution in [-0.4, -0.2) is 36.9 Å². The summed E-state index contributed by atoms with van der Waals surface area (Å²) < 4.78 is 33.2. The van der Waals surface area contributed by atoms with Crippen molar-refractivity contribution < 1.29 is 13.2 Å². The molecule has 0 saturated carbocycles. The molecule has 0 atom stereocenters. The minimum atomic E-state index is -3.77. The summed E-state index contributed by atoms with van der Waals surface area (Å²) in [6.07, 6.45) is 5.62. The Morgan fingerprint density at radius 2 is 2.25 bits per heavy atom. The lowest BCUT2D eigenvalue weighted by Gasteiger charge is -2.07. The van der Waals surface area contributed by atoms with Gasteiger partial charge in [0.2, 0.25) is 0 Å². The molecule has 2 aromatic rings. The SMILES string of the molecule is COCCn1cc(NS(=O)(=O)c2cnccc2N)cn1. The zero-order chi connectivity index (χ0) is 14.6. The Morgan fingerprint density at radius 3 is 2.95 bits per heavy atom. The van der Waals surface area contributed by atoms with Gasteiger partial charge in [-0.15, -0.1) is 0 Å². The van der Waals surface area contributed by atoms with Crippen molar-refractivity contribution in [1.82, 2.24) is 14.8 Å². The molecule has 2 heterocycles. The average Bonchev–Trinajstić information content (AvgIpc) is 2.83. The molecule has 0 unspecified atom stereocenters. The third kappa shape index (κ3) is 3.25. The first-order valence-electron chi connectivity index (χ1n) is 5.76. The predicted octanol–water partition coefficient (Wildman–Crippen LogP) is 0.307. The Morgan fingerprint density at radius 1 is 1.45 bits per heavy atom. The molecule has 0 spiro atoms. The van der Waals surface area contributed by atoms with Crippen molar-refractivity contribution in [2.24, 2.45) is 0 Å². The fourth-order valence-electron chi connectivity index (χ4n) is 1.55. The van der Waals surface area contributed by atoms with E-state index in [1.54, 1.807) is 18.0 Å². The molecule has 9 heteroatoms. The lowest BCUT2D eigenvalue weighted by molar-refractivity contribution is 0.183. The minimum Gasteiger partial charge on any atom is -0.398 e. The second-order valence-electron chi connectivity index (χ2n) is 4.00. The fourth-order valence-corrected chi connectivity index (χ4v) is 2.65. The van der Waals surface area contributed by atoms with E-state index in [2.05, 4.69) is 14.8 Å². The smallest absolute Gasteiger partial charge is 0.265 e. The maximum absolute atomic E-state index is 12.2. The van der Waals surface area contributed by atoms with E-state index in [-0.39, 0.29) is 10.6 Å². The molecule has 0 aliphatic heterocycles. The number of hydrogen-bond donors (Lipinski definition) is 2. The number of nitrogen functional groups attached to an aromatic ring is 1. The van der Waals surface area contributed by atoms with Crippen LogP contribution in [0.25, 0.3) is 0 Å². The van der Waals surface area contributed by atoms with E-state index in [4.69, 9.17) is 10.5 Å². The number of rotatable bonds is 6. The number of ether oxygens (including phenoxy) is 1. The van der Waals surface area contributed by atoms with Crippen molar-refractivity contribution in [3.05, 3.63) is 30.9 Å². The molecule has 0 amide bonds. The molecule has 0 bridgehead atoms. The molecule has 0 aliphatic rings. The molecule has 3 N–H and O–H groups in total. The number of nitrogens with zero attached hydrogens (tertiary/aromatic N) is 3. The van der Waals surface area contributed by atoms with Crippen LogP contribution in [0.3, 0.4) is 0 Å². The van der Waals surface area contributed by atoms with Gasteiger partial charge < -0.3 is 10.5 Å². The number of aromatic nitrogens is 3. The van der Waals surface area contributed by atoms with Gasteiger partial charge in [0.15, 0.2) is 0 Å². The van der Waals surface area contributed by atoms with Crippen LogP contribution in [0.1, 0.15) is 0 Å². The number of methoxy groups -OCH3 is 1. The maximum Gasteiger partial charge on any atom is 0.265 e. The van der Waals surface area contributed by atoms with Gasteiger partial charge in [0, 0.05) is 25.7 Å². The van der Waals surface area contributed by atoms with Gasteiger partial charge in [0.25, 0.3) is 10.0 Å². The van der Waals surface area contributed by atoms with E-state index >= 15 is 0 Å². The Labute approximate surface area is 116 Å². The van der Waals surface area contributed by atoms with Gasteiger partial charge in [0.1, 0.15) is 4.90 Å². The predicted molar refractivity (Wildman–Crippen MR) is 73.6 cm³/mol. The topological polar surface area (TPSA) is 112 Å². The monoisotopic (exact) mass is 297 g/mol. The van der Waals surface area contributed by atoms with E-state index in [9.17, 15) is 8.42 Å². The largest absolute Gasteiger partial charge is 0.398 e. The van der Waals surface area contributed by atoms with E-state index in [0.717, 1.165) is 0 Å². The highest BCUT2D eigenvalue weighted by atomic mass is 32.2. The summed E-state index contributed by atoms with van der Waals surface area (Å²) >= 11 is 0. The highest BCUT2D eigenvalue weighted by Crippen LogP contribution is 2.19. The van der Waals surface area contributed by atoms with Crippen LogP contribution in [0.2, 0.25) is 0 Å². The molecular formula is C11H15N5O3S. The zero-order valence-electron chi connectivity index (χ0n) is 10.9. The molecule has 0 aliphatic carbocycles. The van der Waals surface area contributed by atoms with Gasteiger partial charge in [-0.25, -0.2) is 8.42 Å². The summed E-state index contributed by atoms with van der Waals surface area (Å²) in [6.45, 7) is 1.02. The Kier molecular flexibility index (Phi) is 4.20. The van der Waals surface area contributed by atoms with Crippen molar-refractivity contribution >= 4 is 21.4 Å². The van der Waals surface area contributed by atoms with Crippen molar-refractivity contribution in [3.63, 3.8) is 0 Å². The van der Waals surface area contributed by atoms with Gasteiger partial charge in [-0.05, 0) is 6.07 Å². The molecule has 2 aromatic heterocycles. The lowest BCUT2D eigenvalue weighted by atomic mass is 10.4. The minimum absolute atomic E-state index is 0.0651. The van der Waals surface area contributed by atoms with Gasteiger partial charge in [-0.1, -0.05) is 0 Å². The maximum atomic E-state index is 12.2. The second-order valence-corrected chi connectivity index (χ2v) is 5.65. The van der Waals surface area contributed by atoms with Crippen LogP contribution < -0.4 is 10.5 Å².